The first-order valence-corrected chi connectivity index (χ1v) is 9.63. The van der Waals surface area contributed by atoms with Gasteiger partial charge in [-0.3, -0.25) is 0 Å². The first kappa shape index (κ1) is 19.0. The highest BCUT2D eigenvalue weighted by molar-refractivity contribution is 5.39. The third-order valence-corrected chi connectivity index (χ3v) is 5.12. The van der Waals surface area contributed by atoms with Crippen LogP contribution in [0.3, 0.4) is 0 Å². The molecule has 0 aromatic heterocycles. The van der Waals surface area contributed by atoms with E-state index >= 15 is 0 Å². The molecule has 1 aliphatic carbocycles. The maximum absolute atomic E-state index is 14.2. The maximum atomic E-state index is 14.2. The van der Waals surface area contributed by atoms with Gasteiger partial charge in [0.15, 0.2) is 0 Å². The molecule has 1 aliphatic rings. The summed E-state index contributed by atoms with van der Waals surface area (Å²) in [4.78, 5) is 0. The van der Waals surface area contributed by atoms with Crippen molar-refractivity contribution in [3.05, 3.63) is 34.9 Å². The van der Waals surface area contributed by atoms with Crippen molar-refractivity contribution in [2.24, 2.45) is 11.8 Å². The molecule has 0 heterocycles. The zero-order chi connectivity index (χ0) is 17.4. The fourth-order valence-corrected chi connectivity index (χ4v) is 3.65. The minimum absolute atomic E-state index is 0.0510. The summed E-state index contributed by atoms with van der Waals surface area (Å²) in [6, 6.07) is 2.92. The lowest BCUT2D eigenvalue weighted by atomic mass is 9.80. The molecule has 2 heteroatoms. The van der Waals surface area contributed by atoms with Crippen molar-refractivity contribution < 1.29 is 8.78 Å². The second-order valence-corrected chi connectivity index (χ2v) is 7.17. The second-order valence-electron chi connectivity index (χ2n) is 7.17. The molecule has 2 rings (SSSR count). The van der Waals surface area contributed by atoms with Crippen LogP contribution in [0, 0.1) is 35.3 Å². The standard InChI is InChI=1S/C22H30F2/c1-3-5-6-8-19-15-21(23)20(22(24)16-19)14-13-18-11-9-17(7-4-2)10-12-18/h15-18H,3-12H2,1-2H3. The van der Waals surface area contributed by atoms with E-state index in [9.17, 15) is 8.78 Å². The average molecular weight is 332 g/mol. The molecule has 0 atom stereocenters. The highest BCUT2D eigenvalue weighted by Crippen LogP contribution is 2.31. The predicted molar refractivity (Wildman–Crippen MR) is 96.8 cm³/mol. The van der Waals surface area contributed by atoms with Gasteiger partial charge in [0.25, 0.3) is 0 Å². The van der Waals surface area contributed by atoms with E-state index in [-0.39, 0.29) is 5.56 Å². The molecular formula is C22H30F2. The van der Waals surface area contributed by atoms with Crippen molar-refractivity contribution in [1.82, 2.24) is 0 Å². The van der Waals surface area contributed by atoms with Gasteiger partial charge in [-0.1, -0.05) is 51.4 Å². The summed E-state index contributed by atoms with van der Waals surface area (Å²) in [5.41, 5.74) is 0.689. The first-order valence-electron chi connectivity index (χ1n) is 9.63. The number of aryl methyl sites for hydroxylation is 1. The van der Waals surface area contributed by atoms with E-state index in [4.69, 9.17) is 0 Å². The highest BCUT2D eigenvalue weighted by Gasteiger charge is 2.19. The van der Waals surface area contributed by atoms with Crippen LogP contribution in [0.1, 0.15) is 82.8 Å². The quantitative estimate of drug-likeness (QED) is 0.404. The Morgan fingerprint density at radius 3 is 2.21 bits per heavy atom. The zero-order valence-corrected chi connectivity index (χ0v) is 15.1. The monoisotopic (exact) mass is 332 g/mol. The molecular weight excluding hydrogens is 302 g/mol. The van der Waals surface area contributed by atoms with E-state index in [2.05, 4.69) is 25.7 Å². The number of rotatable bonds is 6. The Morgan fingerprint density at radius 1 is 0.958 bits per heavy atom. The molecule has 0 spiro atoms. The molecule has 0 amide bonds. The Bertz CT molecular complexity index is 548. The normalized spacial score (nSPS) is 20.5. The van der Waals surface area contributed by atoms with Crippen LogP contribution in [-0.4, -0.2) is 0 Å². The molecule has 24 heavy (non-hydrogen) atoms. The minimum atomic E-state index is -0.506. The Labute approximate surface area is 146 Å². The van der Waals surface area contributed by atoms with Gasteiger partial charge in [0, 0.05) is 5.92 Å². The van der Waals surface area contributed by atoms with Crippen LogP contribution < -0.4 is 0 Å². The fraction of sp³-hybridized carbons (Fsp3) is 0.636. The van der Waals surface area contributed by atoms with E-state index in [1.54, 1.807) is 0 Å². The molecule has 1 saturated carbocycles. The summed E-state index contributed by atoms with van der Waals surface area (Å²) in [7, 11) is 0. The van der Waals surface area contributed by atoms with Gasteiger partial charge in [0.2, 0.25) is 0 Å². The van der Waals surface area contributed by atoms with E-state index in [1.807, 2.05) is 0 Å². The lowest BCUT2D eigenvalue weighted by molar-refractivity contribution is 0.300. The van der Waals surface area contributed by atoms with Crippen molar-refractivity contribution >= 4 is 0 Å². The Balaban J connectivity index is 1.98. The Morgan fingerprint density at radius 2 is 1.62 bits per heavy atom. The Kier molecular flexibility index (Phi) is 7.76. The number of hydrogen-bond acceptors (Lipinski definition) is 0. The maximum Gasteiger partial charge on any atom is 0.142 e. The highest BCUT2D eigenvalue weighted by atomic mass is 19.1. The molecule has 0 nitrogen and oxygen atoms in total. The summed E-state index contributed by atoms with van der Waals surface area (Å²) in [5, 5.41) is 0. The van der Waals surface area contributed by atoms with Crippen LogP contribution in [0.5, 0.6) is 0 Å². The molecule has 1 aromatic rings. The van der Waals surface area contributed by atoms with E-state index in [1.165, 1.54) is 37.8 Å². The Hall–Kier alpha value is -1.36. The van der Waals surface area contributed by atoms with Crippen molar-refractivity contribution in [2.75, 3.05) is 0 Å². The SMILES string of the molecule is CCCCCc1cc(F)c(C#CC2CCC(CCC)CC2)c(F)c1. The third kappa shape index (κ3) is 5.62. The summed E-state index contributed by atoms with van der Waals surface area (Å²) in [6.45, 7) is 4.35. The molecule has 0 aliphatic heterocycles. The molecule has 0 radical (unpaired) electrons. The number of benzene rings is 1. The average Bonchev–Trinajstić information content (AvgIpc) is 2.56. The fourth-order valence-electron chi connectivity index (χ4n) is 3.65. The van der Waals surface area contributed by atoms with Crippen LogP contribution in [0.4, 0.5) is 8.78 Å². The van der Waals surface area contributed by atoms with Crippen molar-refractivity contribution in [1.29, 1.82) is 0 Å². The van der Waals surface area contributed by atoms with Crippen LogP contribution in [0.25, 0.3) is 0 Å². The van der Waals surface area contributed by atoms with Gasteiger partial charge in [-0.05, 0) is 62.1 Å². The van der Waals surface area contributed by atoms with E-state index in [0.29, 0.717) is 5.92 Å². The molecule has 0 unspecified atom stereocenters. The second kappa shape index (κ2) is 9.82. The lowest BCUT2D eigenvalue weighted by Crippen LogP contribution is -2.13. The molecule has 132 valence electrons. The zero-order valence-electron chi connectivity index (χ0n) is 15.1. The van der Waals surface area contributed by atoms with E-state index < -0.39 is 11.6 Å². The lowest BCUT2D eigenvalue weighted by Gasteiger charge is -2.25. The molecule has 0 bridgehead atoms. The van der Waals surface area contributed by atoms with Crippen LogP contribution in [0.2, 0.25) is 0 Å². The number of hydrogen-bond donors (Lipinski definition) is 0. The molecule has 1 aromatic carbocycles. The van der Waals surface area contributed by atoms with Gasteiger partial charge in [0.1, 0.15) is 11.6 Å². The molecule has 1 fully saturated rings. The van der Waals surface area contributed by atoms with E-state index in [0.717, 1.165) is 50.0 Å². The number of unbranched alkanes of at least 4 members (excludes halogenated alkanes) is 2. The smallest absolute Gasteiger partial charge is 0.142 e. The summed E-state index contributed by atoms with van der Waals surface area (Å²) >= 11 is 0. The summed E-state index contributed by atoms with van der Waals surface area (Å²) in [6.07, 6.45) is 11.0. The van der Waals surface area contributed by atoms with Crippen molar-refractivity contribution in [3.8, 4) is 11.8 Å². The minimum Gasteiger partial charge on any atom is -0.206 e. The van der Waals surface area contributed by atoms with Crippen molar-refractivity contribution in [2.45, 2.75) is 78.1 Å². The largest absolute Gasteiger partial charge is 0.206 e. The predicted octanol–water partition coefficient (Wildman–Crippen LogP) is 6.66. The summed E-state index contributed by atoms with van der Waals surface area (Å²) < 4.78 is 28.4. The van der Waals surface area contributed by atoms with Gasteiger partial charge in [-0.25, -0.2) is 8.78 Å². The van der Waals surface area contributed by atoms with Gasteiger partial charge in [-0.15, -0.1) is 0 Å². The van der Waals surface area contributed by atoms with Gasteiger partial charge in [0.05, 0.1) is 5.56 Å². The van der Waals surface area contributed by atoms with Crippen molar-refractivity contribution in [3.63, 3.8) is 0 Å². The topological polar surface area (TPSA) is 0 Å². The van der Waals surface area contributed by atoms with Crippen LogP contribution in [-0.2, 0) is 6.42 Å². The van der Waals surface area contributed by atoms with Crippen LogP contribution >= 0.6 is 0 Å². The third-order valence-electron chi connectivity index (χ3n) is 5.12. The first-order chi connectivity index (χ1) is 11.6. The number of halogens is 2. The summed E-state index contributed by atoms with van der Waals surface area (Å²) in [5.74, 6) is 6.02. The van der Waals surface area contributed by atoms with Gasteiger partial charge in [-0.2, -0.15) is 0 Å². The molecule has 0 N–H and O–H groups in total. The van der Waals surface area contributed by atoms with Gasteiger partial charge >= 0.3 is 0 Å². The van der Waals surface area contributed by atoms with Crippen LogP contribution in [0.15, 0.2) is 12.1 Å². The molecule has 0 saturated heterocycles. The van der Waals surface area contributed by atoms with Gasteiger partial charge < -0.3 is 0 Å².